The van der Waals surface area contributed by atoms with Gasteiger partial charge < -0.3 is 19.5 Å². The van der Waals surface area contributed by atoms with Crippen LogP contribution >= 0.6 is 0 Å². The molecule has 4 rings (SSSR count). The van der Waals surface area contributed by atoms with Gasteiger partial charge in [-0.3, -0.25) is 0 Å². The van der Waals surface area contributed by atoms with Gasteiger partial charge in [-0.15, -0.1) is 0 Å². The standard InChI is InChI=1S/C23H25N3O2/c1-28-20-10-5-9-19(15-20)17-24-23(27)26-14-13-25-12-6-11-21(25)22(26)16-18-7-3-2-4-8-18/h2-12,15,22H,13-14,16-17H2,1H3,(H,24,27)/t22-/m0/s1. The first-order valence-electron chi connectivity index (χ1n) is 9.61. The van der Waals surface area contributed by atoms with Crippen LogP contribution in [0.4, 0.5) is 4.79 Å². The highest BCUT2D eigenvalue weighted by atomic mass is 16.5. The molecule has 2 heterocycles. The highest BCUT2D eigenvalue weighted by molar-refractivity contribution is 5.75. The maximum absolute atomic E-state index is 13.0. The summed E-state index contributed by atoms with van der Waals surface area (Å²) >= 11 is 0. The number of benzene rings is 2. The summed E-state index contributed by atoms with van der Waals surface area (Å²) in [5.41, 5.74) is 3.44. The molecule has 1 N–H and O–H groups in total. The number of nitrogens with one attached hydrogen (secondary N) is 1. The van der Waals surface area contributed by atoms with E-state index in [-0.39, 0.29) is 12.1 Å². The minimum absolute atomic E-state index is 0.0245. The highest BCUT2D eigenvalue weighted by Gasteiger charge is 2.30. The lowest BCUT2D eigenvalue weighted by molar-refractivity contribution is 0.155. The van der Waals surface area contributed by atoms with E-state index in [4.69, 9.17) is 4.74 Å². The molecule has 1 aliphatic heterocycles. The Balaban J connectivity index is 1.50. The van der Waals surface area contributed by atoms with Crippen LogP contribution in [0.5, 0.6) is 5.75 Å². The molecule has 28 heavy (non-hydrogen) atoms. The third kappa shape index (κ3) is 3.88. The van der Waals surface area contributed by atoms with Crippen LogP contribution in [0.2, 0.25) is 0 Å². The minimum atomic E-state index is -0.0313. The number of carbonyl (C=O) groups excluding carboxylic acids is 1. The van der Waals surface area contributed by atoms with E-state index in [9.17, 15) is 4.79 Å². The van der Waals surface area contributed by atoms with Crippen molar-refractivity contribution in [3.8, 4) is 5.75 Å². The molecule has 0 fully saturated rings. The van der Waals surface area contributed by atoms with E-state index in [0.29, 0.717) is 13.1 Å². The number of aromatic nitrogens is 1. The van der Waals surface area contributed by atoms with Crippen molar-refractivity contribution >= 4 is 6.03 Å². The van der Waals surface area contributed by atoms with E-state index in [1.54, 1.807) is 7.11 Å². The van der Waals surface area contributed by atoms with Gasteiger partial charge in [0, 0.05) is 31.5 Å². The van der Waals surface area contributed by atoms with Gasteiger partial charge in [0.1, 0.15) is 5.75 Å². The summed E-state index contributed by atoms with van der Waals surface area (Å²) in [6.07, 6.45) is 2.90. The monoisotopic (exact) mass is 375 g/mol. The average molecular weight is 375 g/mol. The van der Waals surface area contributed by atoms with Gasteiger partial charge in [-0.25, -0.2) is 4.79 Å². The van der Waals surface area contributed by atoms with Crippen LogP contribution in [0.1, 0.15) is 22.9 Å². The van der Waals surface area contributed by atoms with E-state index in [1.807, 2.05) is 47.4 Å². The Morgan fingerprint density at radius 3 is 2.68 bits per heavy atom. The Morgan fingerprint density at radius 1 is 1.04 bits per heavy atom. The summed E-state index contributed by atoms with van der Waals surface area (Å²) in [7, 11) is 1.65. The Labute approximate surface area is 165 Å². The number of carbonyl (C=O) groups is 1. The molecule has 0 bridgehead atoms. The SMILES string of the molecule is COc1cccc(CNC(=O)N2CCn3cccc3[C@@H]2Cc2ccccc2)c1. The molecule has 0 spiro atoms. The molecule has 5 nitrogen and oxygen atoms in total. The summed E-state index contributed by atoms with van der Waals surface area (Å²) < 4.78 is 7.52. The van der Waals surface area contributed by atoms with E-state index in [0.717, 1.165) is 24.3 Å². The summed E-state index contributed by atoms with van der Waals surface area (Å²) in [5.74, 6) is 0.796. The fourth-order valence-corrected chi connectivity index (χ4v) is 3.82. The number of hydrogen-bond acceptors (Lipinski definition) is 2. The van der Waals surface area contributed by atoms with Crippen molar-refractivity contribution in [1.29, 1.82) is 0 Å². The van der Waals surface area contributed by atoms with Crippen LogP contribution in [-0.2, 0) is 19.5 Å². The lowest BCUT2D eigenvalue weighted by Crippen LogP contribution is -2.47. The first-order valence-corrected chi connectivity index (χ1v) is 9.61. The zero-order valence-electron chi connectivity index (χ0n) is 16.0. The van der Waals surface area contributed by atoms with Crippen molar-refractivity contribution in [3.05, 3.63) is 89.7 Å². The van der Waals surface area contributed by atoms with Gasteiger partial charge in [0.15, 0.2) is 0 Å². The average Bonchev–Trinajstić information content (AvgIpc) is 3.22. The quantitative estimate of drug-likeness (QED) is 0.732. The number of ether oxygens (including phenoxy) is 1. The predicted octanol–water partition coefficient (Wildman–Crippen LogP) is 4.01. The fourth-order valence-electron chi connectivity index (χ4n) is 3.82. The Morgan fingerprint density at radius 2 is 1.86 bits per heavy atom. The molecule has 5 heteroatoms. The third-order valence-electron chi connectivity index (χ3n) is 5.27. The van der Waals surface area contributed by atoms with Gasteiger partial charge in [0.2, 0.25) is 0 Å². The zero-order valence-corrected chi connectivity index (χ0v) is 16.0. The molecule has 0 radical (unpaired) electrons. The minimum Gasteiger partial charge on any atom is -0.497 e. The first-order chi connectivity index (χ1) is 13.7. The number of amides is 2. The zero-order chi connectivity index (χ0) is 19.3. The topological polar surface area (TPSA) is 46.5 Å². The van der Waals surface area contributed by atoms with Gasteiger partial charge in [-0.05, 0) is 41.8 Å². The summed E-state index contributed by atoms with van der Waals surface area (Å²) in [4.78, 5) is 15.0. The van der Waals surface area contributed by atoms with Crippen molar-refractivity contribution in [2.45, 2.75) is 25.6 Å². The van der Waals surface area contributed by atoms with Crippen molar-refractivity contribution in [2.75, 3.05) is 13.7 Å². The predicted molar refractivity (Wildman–Crippen MR) is 109 cm³/mol. The van der Waals surface area contributed by atoms with E-state index in [2.05, 4.69) is 40.3 Å². The van der Waals surface area contributed by atoms with Gasteiger partial charge in [0.05, 0.1) is 13.2 Å². The van der Waals surface area contributed by atoms with Gasteiger partial charge >= 0.3 is 6.03 Å². The van der Waals surface area contributed by atoms with Crippen LogP contribution in [0.15, 0.2) is 72.9 Å². The number of rotatable bonds is 5. The summed E-state index contributed by atoms with van der Waals surface area (Å²) in [6.45, 7) is 1.99. The molecule has 0 saturated heterocycles. The van der Waals surface area contributed by atoms with Crippen LogP contribution < -0.4 is 10.1 Å². The Kier molecular flexibility index (Phi) is 5.33. The van der Waals surface area contributed by atoms with E-state index < -0.39 is 0 Å². The fraction of sp³-hybridized carbons (Fsp3) is 0.261. The lowest BCUT2D eigenvalue weighted by atomic mass is 10.0. The maximum atomic E-state index is 13.0. The van der Waals surface area contributed by atoms with Gasteiger partial charge in [0.25, 0.3) is 0 Å². The Bertz CT molecular complexity index is 936. The van der Waals surface area contributed by atoms with Crippen LogP contribution in [0, 0.1) is 0 Å². The highest BCUT2D eigenvalue weighted by Crippen LogP contribution is 2.29. The maximum Gasteiger partial charge on any atom is 0.318 e. The van der Waals surface area contributed by atoms with Gasteiger partial charge in [-0.1, -0.05) is 42.5 Å². The van der Waals surface area contributed by atoms with E-state index >= 15 is 0 Å². The molecule has 0 saturated carbocycles. The molecule has 144 valence electrons. The second kappa shape index (κ2) is 8.21. The van der Waals surface area contributed by atoms with Crippen molar-refractivity contribution in [1.82, 2.24) is 14.8 Å². The van der Waals surface area contributed by atoms with E-state index in [1.165, 1.54) is 11.3 Å². The van der Waals surface area contributed by atoms with Crippen LogP contribution in [0.3, 0.4) is 0 Å². The second-order valence-electron chi connectivity index (χ2n) is 7.04. The first kappa shape index (κ1) is 18.2. The van der Waals surface area contributed by atoms with Gasteiger partial charge in [-0.2, -0.15) is 0 Å². The van der Waals surface area contributed by atoms with Crippen molar-refractivity contribution < 1.29 is 9.53 Å². The summed E-state index contributed by atoms with van der Waals surface area (Å²) in [6, 6.07) is 22.3. The van der Waals surface area contributed by atoms with Crippen LogP contribution in [0.25, 0.3) is 0 Å². The smallest absolute Gasteiger partial charge is 0.318 e. The molecule has 3 aromatic rings. The lowest BCUT2D eigenvalue weighted by Gasteiger charge is -2.37. The normalized spacial score (nSPS) is 15.8. The largest absolute Gasteiger partial charge is 0.497 e. The second-order valence-corrected chi connectivity index (χ2v) is 7.04. The number of methoxy groups -OCH3 is 1. The molecule has 1 aliphatic rings. The number of nitrogens with zero attached hydrogens (tertiary/aromatic N) is 2. The number of fused-ring (bicyclic) bond motifs is 1. The molecule has 2 aromatic carbocycles. The molecular formula is C23H25N3O2. The van der Waals surface area contributed by atoms with Crippen molar-refractivity contribution in [2.24, 2.45) is 0 Å². The third-order valence-corrected chi connectivity index (χ3v) is 5.27. The molecule has 0 unspecified atom stereocenters. The van der Waals surface area contributed by atoms with Crippen molar-refractivity contribution in [3.63, 3.8) is 0 Å². The molecule has 0 aliphatic carbocycles. The molecule has 1 atom stereocenters. The van der Waals surface area contributed by atoms with Crippen LogP contribution in [-0.4, -0.2) is 29.2 Å². The number of hydrogen-bond donors (Lipinski definition) is 1. The number of urea groups is 1. The molecular weight excluding hydrogens is 350 g/mol. The summed E-state index contributed by atoms with van der Waals surface area (Å²) in [5, 5.41) is 3.08. The Hall–Kier alpha value is -3.21. The molecule has 1 aromatic heterocycles. The molecule has 2 amide bonds.